The van der Waals surface area contributed by atoms with E-state index in [0.717, 1.165) is 0 Å². The second-order valence-electron chi connectivity index (χ2n) is 4.68. The van der Waals surface area contributed by atoms with E-state index in [2.05, 4.69) is 5.32 Å². The first-order valence-electron chi connectivity index (χ1n) is 6.20. The zero-order valence-corrected chi connectivity index (χ0v) is 11.2. The molecule has 1 saturated heterocycles. The molecule has 1 fully saturated rings. The van der Waals surface area contributed by atoms with Crippen LogP contribution in [0, 0.1) is 5.82 Å². The van der Waals surface area contributed by atoms with E-state index >= 15 is 0 Å². The van der Waals surface area contributed by atoms with Crippen LogP contribution in [0.25, 0.3) is 0 Å². The van der Waals surface area contributed by atoms with Gasteiger partial charge < -0.3 is 10.4 Å². The molecule has 19 heavy (non-hydrogen) atoms. The standard InChI is InChI=1S/C13H16ClFN2O2/c14-11-7-9(1-2-12(11)15)16-13(19)8-17-5-3-10(18)4-6-17/h1-2,7,10,18H,3-6,8H2,(H,16,19). The van der Waals surface area contributed by atoms with Crippen LogP contribution in [0.4, 0.5) is 10.1 Å². The average molecular weight is 287 g/mol. The Morgan fingerprint density at radius 3 is 2.79 bits per heavy atom. The van der Waals surface area contributed by atoms with Gasteiger partial charge >= 0.3 is 0 Å². The Morgan fingerprint density at radius 1 is 1.47 bits per heavy atom. The van der Waals surface area contributed by atoms with Gasteiger partial charge in [-0.15, -0.1) is 0 Å². The van der Waals surface area contributed by atoms with Gasteiger partial charge in [-0.2, -0.15) is 0 Å². The molecule has 2 N–H and O–H groups in total. The number of nitrogens with one attached hydrogen (secondary N) is 1. The van der Waals surface area contributed by atoms with E-state index in [4.69, 9.17) is 11.6 Å². The third-order valence-electron chi connectivity index (χ3n) is 3.13. The molecule has 0 bridgehead atoms. The fraction of sp³-hybridized carbons (Fsp3) is 0.462. The molecular weight excluding hydrogens is 271 g/mol. The van der Waals surface area contributed by atoms with Crippen LogP contribution in [-0.4, -0.2) is 41.7 Å². The van der Waals surface area contributed by atoms with Crippen molar-refractivity contribution in [1.82, 2.24) is 4.90 Å². The number of nitrogens with zero attached hydrogens (tertiary/aromatic N) is 1. The van der Waals surface area contributed by atoms with E-state index in [1.54, 1.807) is 0 Å². The second-order valence-corrected chi connectivity index (χ2v) is 5.09. The summed E-state index contributed by atoms with van der Waals surface area (Å²) in [5, 5.41) is 12.0. The van der Waals surface area contributed by atoms with E-state index in [1.165, 1.54) is 18.2 Å². The van der Waals surface area contributed by atoms with Crippen LogP contribution < -0.4 is 5.32 Å². The van der Waals surface area contributed by atoms with Crippen LogP contribution in [-0.2, 0) is 4.79 Å². The summed E-state index contributed by atoms with van der Waals surface area (Å²) in [7, 11) is 0. The Morgan fingerprint density at radius 2 is 2.16 bits per heavy atom. The zero-order chi connectivity index (χ0) is 13.8. The fourth-order valence-electron chi connectivity index (χ4n) is 2.05. The third kappa shape index (κ3) is 4.16. The van der Waals surface area contributed by atoms with E-state index in [9.17, 15) is 14.3 Å². The van der Waals surface area contributed by atoms with E-state index in [-0.39, 0.29) is 23.6 Å². The number of carbonyl (C=O) groups is 1. The van der Waals surface area contributed by atoms with Gasteiger partial charge in [-0.05, 0) is 31.0 Å². The van der Waals surface area contributed by atoms with Gasteiger partial charge in [0, 0.05) is 18.8 Å². The lowest BCUT2D eigenvalue weighted by Crippen LogP contribution is -2.40. The van der Waals surface area contributed by atoms with Crippen LogP contribution in [0.5, 0.6) is 0 Å². The first kappa shape index (κ1) is 14.2. The SMILES string of the molecule is O=C(CN1CCC(O)CC1)Nc1ccc(F)c(Cl)c1. The Hall–Kier alpha value is -1.17. The number of aliphatic hydroxyl groups excluding tert-OH is 1. The molecule has 0 radical (unpaired) electrons. The molecule has 1 aromatic carbocycles. The average Bonchev–Trinajstić information content (AvgIpc) is 2.37. The molecule has 1 heterocycles. The second kappa shape index (κ2) is 6.32. The number of rotatable bonds is 3. The molecule has 0 spiro atoms. The lowest BCUT2D eigenvalue weighted by molar-refractivity contribution is -0.117. The van der Waals surface area contributed by atoms with Crippen molar-refractivity contribution in [2.45, 2.75) is 18.9 Å². The molecule has 1 amide bonds. The minimum Gasteiger partial charge on any atom is -0.393 e. The normalized spacial score (nSPS) is 17.4. The molecule has 2 rings (SSSR count). The molecule has 0 atom stereocenters. The summed E-state index contributed by atoms with van der Waals surface area (Å²) in [6.07, 6.45) is 1.13. The van der Waals surface area contributed by atoms with Crippen molar-refractivity contribution in [3.05, 3.63) is 29.0 Å². The summed E-state index contributed by atoms with van der Waals surface area (Å²) in [6.45, 7) is 1.68. The van der Waals surface area contributed by atoms with Gasteiger partial charge in [0.1, 0.15) is 5.82 Å². The Balaban J connectivity index is 1.85. The zero-order valence-electron chi connectivity index (χ0n) is 10.4. The largest absolute Gasteiger partial charge is 0.393 e. The minimum absolute atomic E-state index is 0.0149. The number of halogens is 2. The van der Waals surface area contributed by atoms with Crippen molar-refractivity contribution >= 4 is 23.2 Å². The summed E-state index contributed by atoms with van der Waals surface area (Å²) >= 11 is 5.64. The van der Waals surface area contributed by atoms with Crippen molar-refractivity contribution in [1.29, 1.82) is 0 Å². The number of aliphatic hydroxyl groups is 1. The van der Waals surface area contributed by atoms with Gasteiger partial charge in [0.25, 0.3) is 0 Å². The summed E-state index contributed by atoms with van der Waals surface area (Å²) in [4.78, 5) is 13.8. The summed E-state index contributed by atoms with van der Waals surface area (Å²) in [5.74, 6) is -0.677. The maximum atomic E-state index is 13.0. The number of anilines is 1. The van der Waals surface area contributed by atoms with Crippen LogP contribution in [0.2, 0.25) is 5.02 Å². The highest BCUT2D eigenvalue weighted by molar-refractivity contribution is 6.31. The molecule has 0 saturated carbocycles. The number of piperidine rings is 1. The predicted octanol–water partition coefficient (Wildman–Crippen LogP) is 1.87. The summed E-state index contributed by atoms with van der Waals surface area (Å²) < 4.78 is 13.0. The fourth-order valence-corrected chi connectivity index (χ4v) is 2.24. The highest BCUT2D eigenvalue weighted by Gasteiger charge is 2.19. The number of hydrogen-bond acceptors (Lipinski definition) is 3. The maximum Gasteiger partial charge on any atom is 0.238 e. The molecule has 1 aromatic rings. The monoisotopic (exact) mass is 286 g/mol. The Bertz CT molecular complexity index is 462. The van der Waals surface area contributed by atoms with Crippen molar-refractivity contribution < 1.29 is 14.3 Å². The summed E-state index contributed by atoms with van der Waals surface area (Å²) in [5.41, 5.74) is 0.480. The highest BCUT2D eigenvalue weighted by Crippen LogP contribution is 2.19. The van der Waals surface area contributed by atoms with Crippen LogP contribution >= 0.6 is 11.6 Å². The highest BCUT2D eigenvalue weighted by atomic mass is 35.5. The van der Waals surface area contributed by atoms with Gasteiger partial charge in [0.05, 0.1) is 17.7 Å². The van der Waals surface area contributed by atoms with Gasteiger partial charge in [-0.1, -0.05) is 11.6 Å². The molecular formula is C13H16ClFN2O2. The van der Waals surface area contributed by atoms with Gasteiger partial charge in [-0.3, -0.25) is 9.69 Å². The Kier molecular flexibility index (Phi) is 4.74. The number of carbonyl (C=O) groups excluding carboxylic acids is 1. The first-order valence-corrected chi connectivity index (χ1v) is 6.58. The van der Waals surface area contributed by atoms with E-state index in [0.29, 0.717) is 31.6 Å². The summed E-state index contributed by atoms with van der Waals surface area (Å²) in [6, 6.07) is 4.07. The number of benzene rings is 1. The molecule has 1 aliphatic heterocycles. The van der Waals surface area contributed by atoms with E-state index < -0.39 is 5.82 Å². The van der Waals surface area contributed by atoms with Crippen molar-refractivity contribution in [3.8, 4) is 0 Å². The van der Waals surface area contributed by atoms with E-state index in [1.807, 2.05) is 4.90 Å². The van der Waals surface area contributed by atoms with Crippen LogP contribution in [0.1, 0.15) is 12.8 Å². The third-order valence-corrected chi connectivity index (χ3v) is 3.42. The van der Waals surface area contributed by atoms with Gasteiger partial charge in [-0.25, -0.2) is 4.39 Å². The predicted molar refractivity (Wildman–Crippen MR) is 71.7 cm³/mol. The lowest BCUT2D eigenvalue weighted by atomic mass is 10.1. The van der Waals surface area contributed by atoms with Gasteiger partial charge in [0.2, 0.25) is 5.91 Å². The molecule has 6 heteroatoms. The topological polar surface area (TPSA) is 52.6 Å². The molecule has 1 aliphatic rings. The first-order chi connectivity index (χ1) is 9.04. The molecule has 104 valence electrons. The molecule has 0 aromatic heterocycles. The minimum atomic E-state index is -0.510. The lowest BCUT2D eigenvalue weighted by Gasteiger charge is -2.28. The molecule has 4 nitrogen and oxygen atoms in total. The van der Waals surface area contributed by atoms with Crippen molar-refractivity contribution in [3.63, 3.8) is 0 Å². The van der Waals surface area contributed by atoms with Crippen LogP contribution in [0.3, 0.4) is 0 Å². The van der Waals surface area contributed by atoms with Gasteiger partial charge in [0.15, 0.2) is 0 Å². The van der Waals surface area contributed by atoms with Crippen molar-refractivity contribution in [2.75, 3.05) is 25.0 Å². The molecule has 0 unspecified atom stereocenters. The van der Waals surface area contributed by atoms with Crippen molar-refractivity contribution in [2.24, 2.45) is 0 Å². The maximum absolute atomic E-state index is 13.0. The smallest absolute Gasteiger partial charge is 0.238 e. The van der Waals surface area contributed by atoms with Crippen LogP contribution in [0.15, 0.2) is 18.2 Å². The quantitative estimate of drug-likeness (QED) is 0.892. The Labute approximate surface area is 116 Å². The molecule has 0 aliphatic carbocycles. The number of hydrogen-bond donors (Lipinski definition) is 2. The number of amides is 1. The number of likely N-dealkylation sites (tertiary alicyclic amines) is 1.